The van der Waals surface area contributed by atoms with Crippen molar-refractivity contribution >= 4 is 15.9 Å². The lowest BCUT2D eigenvalue weighted by Gasteiger charge is -2.08. The molecule has 0 bridgehead atoms. The van der Waals surface area contributed by atoms with Crippen LogP contribution in [0.1, 0.15) is 5.56 Å². The van der Waals surface area contributed by atoms with E-state index in [9.17, 15) is 8.78 Å². The minimum absolute atomic E-state index is 0.0579. The van der Waals surface area contributed by atoms with E-state index in [1.807, 2.05) is 0 Å². The molecule has 0 unspecified atom stereocenters. The fraction of sp³-hybridized carbons (Fsp3) is 0.143. The largest absolute Gasteiger partial charge is 0.454 e. The predicted molar refractivity (Wildman–Crippen MR) is 73.3 cm³/mol. The maximum atomic E-state index is 13.8. The number of benzene rings is 2. The van der Waals surface area contributed by atoms with Crippen molar-refractivity contribution in [2.24, 2.45) is 5.73 Å². The van der Waals surface area contributed by atoms with Crippen LogP contribution in [0, 0.1) is 11.6 Å². The van der Waals surface area contributed by atoms with E-state index in [0.717, 1.165) is 5.56 Å². The molecular weight excluding hydrogens is 316 g/mol. The normalized spacial score (nSPS) is 10.5. The second-order valence-electron chi connectivity index (χ2n) is 3.98. The summed E-state index contributed by atoms with van der Waals surface area (Å²) in [7, 11) is 0. The fourth-order valence-corrected chi connectivity index (χ4v) is 1.86. The highest BCUT2D eigenvalue weighted by Crippen LogP contribution is 2.28. The molecule has 2 N–H and O–H groups in total. The van der Waals surface area contributed by atoms with Gasteiger partial charge in [-0.25, -0.2) is 8.78 Å². The van der Waals surface area contributed by atoms with Crippen LogP contribution >= 0.6 is 15.9 Å². The highest BCUT2D eigenvalue weighted by Gasteiger charge is 2.08. The molecule has 5 heteroatoms. The average Bonchev–Trinajstić information content (AvgIpc) is 2.37. The first kappa shape index (κ1) is 14.0. The van der Waals surface area contributed by atoms with E-state index in [0.29, 0.717) is 17.4 Å². The molecule has 0 atom stereocenters. The summed E-state index contributed by atoms with van der Waals surface area (Å²) >= 11 is 3.04. The zero-order chi connectivity index (χ0) is 13.8. The minimum Gasteiger partial charge on any atom is -0.454 e. The van der Waals surface area contributed by atoms with Crippen molar-refractivity contribution in [1.29, 1.82) is 0 Å². The smallest absolute Gasteiger partial charge is 0.165 e. The Labute approximate surface area is 118 Å². The van der Waals surface area contributed by atoms with Crippen LogP contribution in [0.4, 0.5) is 8.78 Å². The van der Waals surface area contributed by atoms with Gasteiger partial charge in [0.25, 0.3) is 0 Å². The number of halogens is 3. The van der Waals surface area contributed by atoms with E-state index in [1.165, 1.54) is 24.3 Å². The molecule has 2 rings (SSSR count). The van der Waals surface area contributed by atoms with Crippen molar-refractivity contribution in [2.45, 2.75) is 6.42 Å². The van der Waals surface area contributed by atoms with Crippen LogP contribution in [-0.2, 0) is 6.42 Å². The second kappa shape index (κ2) is 6.12. The third-order valence-corrected chi connectivity index (χ3v) is 3.19. The molecule has 0 fully saturated rings. The van der Waals surface area contributed by atoms with Gasteiger partial charge in [0.1, 0.15) is 11.6 Å². The third-order valence-electron chi connectivity index (χ3n) is 2.55. The molecule has 0 aliphatic heterocycles. The van der Waals surface area contributed by atoms with E-state index in [-0.39, 0.29) is 11.5 Å². The van der Waals surface area contributed by atoms with Crippen molar-refractivity contribution in [3.63, 3.8) is 0 Å². The molecule has 2 aromatic carbocycles. The van der Waals surface area contributed by atoms with Crippen LogP contribution < -0.4 is 10.5 Å². The lowest BCUT2D eigenvalue weighted by Crippen LogP contribution is -2.03. The maximum absolute atomic E-state index is 13.8. The van der Waals surface area contributed by atoms with Crippen molar-refractivity contribution in [3.05, 3.63) is 58.1 Å². The highest BCUT2D eigenvalue weighted by molar-refractivity contribution is 9.10. The molecule has 0 amide bonds. The lowest BCUT2D eigenvalue weighted by molar-refractivity contribution is 0.438. The average molecular weight is 328 g/mol. The van der Waals surface area contributed by atoms with Gasteiger partial charge in [0.05, 0.1) is 4.47 Å². The Bertz CT molecular complexity index is 590. The second-order valence-corrected chi connectivity index (χ2v) is 4.84. The first-order valence-electron chi connectivity index (χ1n) is 5.71. The van der Waals surface area contributed by atoms with Gasteiger partial charge in [-0.1, -0.05) is 6.07 Å². The van der Waals surface area contributed by atoms with Gasteiger partial charge in [-0.15, -0.1) is 0 Å². The Morgan fingerprint density at radius 2 is 1.84 bits per heavy atom. The molecule has 2 nitrogen and oxygen atoms in total. The van der Waals surface area contributed by atoms with Crippen LogP contribution in [0.15, 0.2) is 40.9 Å². The standard InChI is InChI=1S/C14H12BrF2NO/c15-11-3-2-10(8-12(11)16)19-14-4-1-9(5-6-18)7-13(14)17/h1-4,7-8H,5-6,18H2. The Morgan fingerprint density at radius 1 is 1.05 bits per heavy atom. The molecule has 0 aliphatic rings. The number of hydrogen-bond donors (Lipinski definition) is 1. The minimum atomic E-state index is -0.491. The van der Waals surface area contributed by atoms with Crippen molar-refractivity contribution in [3.8, 4) is 11.5 Å². The number of ether oxygens (including phenoxy) is 1. The number of hydrogen-bond acceptors (Lipinski definition) is 2. The molecule has 0 spiro atoms. The molecule has 0 saturated carbocycles. The van der Waals surface area contributed by atoms with E-state index < -0.39 is 11.6 Å². The van der Waals surface area contributed by atoms with Gasteiger partial charge >= 0.3 is 0 Å². The van der Waals surface area contributed by atoms with Crippen molar-refractivity contribution in [1.82, 2.24) is 0 Å². The van der Waals surface area contributed by atoms with E-state index in [2.05, 4.69) is 15.9 Å². The Kier molecular flexibility index (Phi) is 4.50. The topological polar surface area (TPSA) is 35.2 Å². The molecule has 100 valence electrons. The van der Waals surface area contributed by atoms with Gasteiger partial charge in [-0.3, -0.25) is 0 Å². The first-order valence-corrected chi connectivity index (χ1v) is 6.51. The summed E-state index contributed by atoms with van der Waals surface area (Å²) in [6.45, 7) is 0.456. The van der Waals surface area contributed by atoms with Gasteiger partial charge in [-0.2, -0.15) is 0 Å². The van der Waals surface area contributed by atoms with E-state index in [1.54, 1.807) is 12.1 Å². The van der Waals surface area contributed by atoms with Gasteiger partial charge in [-0.05, 0) is 58.7 Å². The molecule has 0 saturated heterocycles. The highest BCUT2D eigenvalue weighted by atomic mass is 79.9. The molecule has 0 heterocycles. The SMILES string of the molecule is NCCc1ccc(Oc2ccc(Br)c(F)c2)c(F)c1. The van der Waals surface area contributed by atoms with Gasteiger partial charge in [0.2, 0.25) is 0 Å². The van der Waals surface area contributed by atoms with Crippen LogP contribution in [0.3, 0.4) is 0 Å². The molecule has 2 aromatic rings. The Hall–Kier alpha value is -1.46. The zero-order valence-electron chi connectivity index (χ0n) is 10.00. The summed E-state index contributed by atoms with van der Waals surface area (Å²) in [6, 6.07) is 8.88. The van der Waals surface area contributed by atoms with Crippen molar-refractivity contribution < 1.29 is 13.5 Å². The molecular formula is C14H12BrF2NO. The van der Waals surface area contributed by atoms with Gasteiger partial charge in [0, 0.05) is 6.07 Å². The third kappa shape index (κ3) is 3.52. The molecule has 0 aliphatic carbocycles. The first-order chi connectivity index (χ1) is 9.10. The summed E-state index contributed by atoms with van der Waals surface area (Å²) in [5.41, 5.74) is 6.20. The van der Waals surface area contributed by atoms with Crippen molar-refractivity contribution in [2.75, 3.05) is 6.54 Å². The quantitative estimate of drug-likeness (QED) is 0.920. The number of nitrogens with two attached hydrogens (primary N) is 1. The molecule has 19 heavy (non-hydrogen) atoms. The molecule has 0 radical (unpaired) electrons. The van der Waals surface area contributed by atoms with Crippen LogP contribution in [0.25, 0.3) is 0 Å². The zero-order valence-corrected chi connectivity index (χ0v) is 11.6. The lowest BCUT2D eigenvalue weighted by atomic mass is 10.1. The predicted octanol–water partition coefficient (Wildman–Crippen LogP) is 4.02. The maximum Gasteiger partial charge on any atom is 0.165 e. The summed E-state index contributed by atoms with van der Waals surface area (Å²) in [5, 5.41) is 0. The van der Waals surface area contributed by atoms with Crippen LogP contribution in [0.5, 0.6) is 11.5 Å². The van der Waals surface area contributed by atoms with E-state index in [4.69, 9.17) is 10.5 Å². The molecule has 0 aromatic heterocycles. The number of rotatable bonds is 4. The van der Waals surface area contributed by atoms with Gasteiger partial charge in [0.15, 0.2) is 11.6 Å². The summed E-state index contributed by atoms with van der Waals surface area (Å²) in [4.78, 5) is 0. The summed E-state index contributed by atoms with van der Waals surface area (Å²) in [5.74, 6) is -0.652. The Balaban J connectivity index is 2.20. The van der Waals surface area contributed by atoms with Crippen LogP contribution in [-0.4, -0.2) is 6.54 Å². The van der Waals surface area contributed by atoms with Crippen LogP contribution in [0.2, 0.25) is 0 Å². The monoisotopic (exact) mass is 327 g/mol. The van der Waals surface area contributed by atoms with Gasteiger partial charge < -0.3 is 10.5 Å². The summed E-state index contributed by atoms with van der Waals surface area (Å²) < 4.78 is 32.7. The van der Waals surface area contributed by atoms with E-state index >= 15 is 0 Å². The Morgan fingerprint density at radius 3 is 2.47 bits per heavy atom. The summed E-state index contributed by atoms with van der Waals surface area (Å²) in [6.07, 6.45) is 0.601. The fourth-order valence-electron chi connectivity index (χ4n) is 1.62.